The first-order chi connectivity index (χ1) is 6.72. The molecule has 1 aliphatic heterocycles. The molecule has 2 heterocycles. The van der Waals surface area contributed by atoms with Gasteiger partial charge in [-0.15, -0.1) is 0 Å². The number of rotatable bonds is 2. The highest BCUT2D eigenvalue weighted by Gasteiger charge is 2.29. The molecule has 0 radical (unpaired) electrons. The average molecular weight is 192 g/mol. The summed E-state index contributed by atoms with van der Waals surface area (Å²) in [5.74, 6) is 2.47. The van der Waals surface area contributed by atoms with Gasteiger partial charge in [-0.2, -0.15) is 5.10 Å². The highest BCUT2D eigenvalue weighted by molar-refractivity contribution is 5.05. The van der Waals surface area contributed by atoms with Gasteiger partial charge in [0.15, 0.2) is 0 Å². The molecular formula is C12H20N2. The fourth-order valence-corrected chi connectivity index (χ4v) is 2.68. The van der Waals surface area contributed by atoms with Gasteiger partial charge in [0.2, 0.25) is 0 Å². The first-order valence-corrected chi connectivity index (χ1v) is 5.73. The zero-order chi connectivity index (χ0) is 10.1. The van der Waals surface area contributed by atoms with Gasteiger partial charge >= 0.3 is 0 Å². The van der Waals surface area contributed by atoms with E-state index in [9.17, 15) is 0 Å². The molecule has 78 valence electrons. The van der Waals surface area contributed by atoms with E-state index in [2.05, 4.69) is 36.6 Å². The summed E-state index contributed by atoms with van der Waals surface area (Å²) in [7, 11) is 0. The lowest BCUT2D eigenvalue weighted by Crippen LogP contribution is -2.32. The van der Waals surface area contributed by atoms with Crippen LogP contribution in [0, 0.1) is 17.8 Å². The Kier molecular flexibility index (Phi) is 2.62. The third kappa shape index (κ3) is 1.58. The molecule has 0 N–H and O–H groups in total. The zero-order valence-electron chi connectivity index (χ0n) is 9.40. The molecule has 0 aromatic carbocycles. The standard InChI is InChI=1S/C12H20N2/c1-4-10-8-14-11(5-6-13-14)7-12(10)9(2)3/h5-6,9-10,12H,4,7-8H2,1-3H3. The molecule has 2 heteroatoms. The molecule has 0 aliphatic carbocycles. The van der Waals surface area contributed by atoms with Crippen LogP contribution in [-0.2, 0) is 13.0 Å². The molecule has 0 saturated heterocycles. The first kappa shape index (κ1) is 9.75. The Morgan fingerprint density at radius 2 is 2.36 bits per heavy atom. The maximum absolute atomic E-state index is 4.37. The lowest BCUT2D eigenvalue weighted by molar-refractivity contribution is 0.181. The maximum Gasteiger partial charge on any atom is 0.0492 e. The summed E-state index contributed by atoms with van der Waals surface area (Å²) in [5, 5.41) is 4.37. The summed E-state index contributed by atoms with van der Waals surface area (Å²) in [4.78, 5) is 0. The van der Waals surface area contributed by atoms with Gasteiger partial charge in [-0.05, 0) is 30.2 Å². The molecule has 0 amide bonds. The highest BCUT2D eigenvalue weighted by atomic mass is 15.3. The van der Waals surface area contributed by atoms with Crippen LogP contribution in [-0.4, -0.2) is 9.78 Å². The van der Waals surface area contributed by atoms with Crippen LogP contribution >= 0.6 is 0 Å². The second-order valence-electron chi connectivity index (χ2n) is 4.78. The summed E-state index contributed by atoms with van der Waals surface area (Å²) < 4.78 is 2.19. The Morgan fingerprint density at radius 1 is 1.57 bits per heavy atom. The minimum atomic E-state index is 0.795. The minimum Gasteiger partial charge on any atom is -0.269 e. The molecule has 0 bridgehead atoms. The van der Waals surface area contributed by atoms with E-state index < -0.39 is 0 Å². The molecule has 1 aliphatic rings. The molecule has 14 heavy (non-hydrogen) atoms. The Morgan fingerprint density at radius 3 is 3.00 bits per heavy atom. The van der Waals surface area contributed by atoms with Crippen LogP contribution in [0.15, 0.2) is 12.3 Å². The fraction of sp³-hybridized carbons (Fsp3) is 0.750. The molecule has 0 saturated carbocycles. The normalized spacial score (nSPS) is 26.6. The van der Waals surface area contributed by atoms with Crippen molar-refractivity contribution in [2.45, 2.75) is 40.2 Å². The molecule has 2 rings (SSSR count). The van der Waals surface area contributed by atoms with Crippen LogP contribution in [0.3, 0.4) is 0 Å². The van der Waals surface area contributed by atoms with Crippen molar-refractivity contribution in [3.63, 3.8) is 0 Å². The number of fused-ring (bicyclic) bond motifs is 1. The van der Waals surface area contributed by atoms with Crippen LogP contribution < -0.4 is 0 Å². The Hall–Kier alpha value is -0.790. The lowest BCUT2D eigenvalue weighted by atomic mass is 9.77. The Labute approximate surface area is 86.3 Å². The predicted octanol–water partition coefficient (Wildman–Crippen LogP) is 2.74. The topological polar surface area (TPSA) is 17.8 Å². The molecule has 1 aromatic rings. The zero-order valence-corrected chi connectivity index (χ0v) is 9.40. The van der Waals surface area contributed by atoms with Crippen molar-refractivity contribution < 1.29 is 0 Å². The number of hydrogen-bond acceptors (Lipinski definition) is 1. The van der Waals surface area contributed by atoms with Crippen molar-refractivity contribution in [2.24, 2.45) is 17.8 Å². The molecule has 1 aromatic heterocycles. The minimum absolute atomic E-state index is 0.795. The van der Waals surface area contributed by atoms with E-state index >= 15 is 0 Å². The van der Waals surface area contributed by atoms with E-state index in [4.69, 9.17) is 0 Å². The van der Waals surface area contributed by atoms with Crippen molar-refractivity contribution in [1.82, 2.24) is 9.78 Å². The van der Waals surface area contributed by atoms with Crippen molar-refractivity contribution in [3.8, 4) is 0 Å². The second-order valence-corrected chi connectivity index (χ2v) is 4.78. The third-order valence-electron chi connectivity index (χ3n) is 3.64. The third-order valence-corrected chi connectivity index (χ3v) is 3.64. The first-order valence-electron chi connectivity index (χ1n) is 5.73. The molecular weight excluding hydrogens is 172 g/mol. The van der Waals surface area contributed by atoms with Gasteiger partial charge in [0, 0.05) is 18.4 Å². The predicted molar refractivity (Wildman–Crippen MR) is 58.0 cm³/mol. The van der Waals surface area contributed by atoms with E-state index in [1.54, 1.807) is 0 Å². The molecule has 2 nitrogen and oxygen atoms in total. The fourth-order valence-electron chi connectivity index (χ4n) is 2.68. The summed E-state index contributed by atoms with van der Waals surface area (Å²) in [6.45, 7) is 8.12. The summed E-state index contributed by atoms with van der Waals surface area (Å²) in [5.41, 5.74) is 1.42. The largest absolute Gasteiger partial charge is 0.269 e. The van der Waals surface area contributed by atoms with E-state index in [0.717, 1.165) is 24.3 Å². The highest BCUT2D eigenvalue weighted by Crippen LogP contribution is 2.32. The van der Waals surface area contributed by atoms with Crippen molar-refractivity contribution in [1.29, 1.82) is 0 Å². The van der Waals surface area contributed by atoms with Crippen LogP contribution in [0.5, 0.6) is 0 Å². The Balaban J connectivity index is 2.22. The number of aromatic nitrogens is 2. The number of hydrogen-bond donors (Lipinski definition) is 0. The van der Waals surface area contributed by atoms with Crippen LogP contribution in [0.2, 0.25) is 0 Å². The van der Waals surface area contributed by atoms with Crippen LogP contribution in [0.1, 0.15) is 32.9 Å². The Bertz CT molecular complexity index is 301. The van der Waals surface area contributed by atoms with Crippen LogP contribution in [0.25, 0.3) is 0 Å². The van der Waals surface area contributed by atoms with E-state index in [-0.39, 0.29) is 0 Å². The van der Waals surface area contributed by atoms with Gasteiger partial charge < -0.3 is 0 Å². The van der Waals surface area contributed by atoms with Gasteiger partial charge in [-0.25, -0.2) is 0 Å². The summed E-state index contributed by atoms with van der Waals surface area (Å²) in [6, 6.07) is 2.17. The quantitative estimate of drug-likeness (QED) is 0.704. The van der Waals surface area contributed by atoms with Crippen molar-refractivity contribution in [2.75, 3.05) is 0 Å². The SMILES string of the molecule is CCC1Cn2nccc2CC1C(C)C. The molecule has 2 unspecified atom stereocenters. The molecule has 2 atom stereocenters. The van der Waals surface area contributed by atoms with Crippen molar-refractivity contribution in [3.05, 3.63) is 18.0 Å². The van der Waals surface area contributed by atoms with Gasteiger partial charge in [-0.1, -0.05) is 27.2 Å². The average Bonchev–Trinajstić information content (AvgIpc) is 2.62. The molecule has 0 spiro atoms. The van der Waals surface area contributed by atoms with Gasteiger partial charge in [-0.3, -0.25) is 4.68 Å². The van der Waals surface area contributed by atoms with E-state index in [0.29, 0.717) is 0 Å². The van der Waals surface area contributed by atoms with E-state index in [1.807, 2.05) is 6.20 Å². The number of nitrogens with zero attached hydrogens (tertiary/aromatic N) is 2. The smallest absolute Gasteiger partial charge is 0.0492 e. The summed E-state index contributed by atoms with van der Waals surface area (Å²) in [6.07, 6.45) is 4.43. The maximum atomic E-state index is 4.37. The van der Waals surface area contributed by atoms with E-state index in [1.165, 1.54) is 18.5 Å². The van der Waals surface area contributed by atoms with Gasteiger partial charge in [0.25, 0.3) is 0 Å². The van der Waals surface area contributed by atoms with Gasteiger partial charge in [0.05, 0.1) is 0 Å². The monoisotopic (exact) mass is 192 g/mol. The van der Waals surface area contributed by atoms with Gasteiger partial charge in [0.1, 0.15) is 0 Å². The molecule has 0 fully saturated rings. The van der Waals surface area contributed by atoms with Crippen LogP contribution in [0.4, 0.5) is 0 Å². The second kappa shape index (κ2) is 3.76. The summed E-state index contributed by atoms with van der Waals surface area (Å²) >= 11 is 0. The lowest BCUT2D eigenvalue weighted by Gasteiger charge is -2.34. The van der Waals surface area contributed by atoms with Crippen molar-refractivity contribution >= 4 is 0 Å².